The fourth-order valence-corrected chi connectivity index (χ4v) is 3.66. The van der Waals surface area contributed by atoms with Gasteiger partial charge in [0.15, 0.2) is 5.69 Å². The molecule has 0 bridgehead atoms. The van der Waals surface area contributed by atoms with Crippen molar-refractivity contribution in [1.82, 2.24) is 14.9 Å². The van der Waals surface area contributed by atoms with Crippen LogP contribution in [-0.2, 0) is 6.61 Å². The van der Waals surface area contributed by atoms with Crippen LogP contribution in [0.15, 0.2) is 42.5 Å². The van der Waals surface area contributed by atoms with Crippen LogP contribution in [-0.4, -0.2) is 39.0 Å². The normalized spacial score (nSPS) is 13.4. The number of carbonyl (C=O) groups excluding carboxylic acids is 1. The number of aromatic nitrogens is 2. The highest BCUT2D eigenvalue weighted by molar-refractivity contribution is 5.96. The number of nitrogens with zero attached hydrogens (tertiary/aromatic N) is 4. The molecule has 30 heavy (non-hydrogen) atoms. The molecule has 2 N–H and O–H groups in total. The summed E-state index contributed by atoms with van der Waals surface area (Å²) in [4.78, 5) is 21.8. The number of nitrogens with one attached hydrogen (secondary N) is 1. The Kier molecular flexibility index (Phi) is 5.05. The van der Waals surface area contributed by atoms with Gasteiger partial charge in [-0.05, 0) is 42.3 Å². The maximum atomic E-state index is 13.0. The van der Waals surface area contributed by atoms with Gasteiger partial charge < -0.3 is 15.0 Å². The number of H-pyrrole nitrogens is 1. The third-order valence-corrected chi connectivity index (χ3v) is 5.44. The van der Waals surface area contributed by atoms with Gasteiger partial charge in [0.05, 0.1) is 17.3 Å². The first-order valence-corrected chi connectivity index (χ1v) is 9.54. The average Bonchev–Trinajstić information content (AvgIpc) is 3.17. The van der Waals surface area contributed by atoms with E-state index in [1.54, 1.807) is 29.2 Å². The van der Waals surface area contributed by atoms with E-state index in [-0.39, 0.29) is 24.1 Å². The van der Waals surface area contributed by atoms with Crippen LogP contribution < -0.4 is 0 Å². The Bertz CT molecular complexity index is 1190. The predicted molar refractivity (Wildman–Crippen MR) is 109 cm³/mol. The molecule has 4 rings (SSSR count). The topological polar surface area (TPSA) is 117 Å². The van der Waals surface area contributed by atoms with E-state index in [4.69, 9.17) is 5.26 Å². The van der Waals surface area contributed by atoms with Crippen molar-refractivity contribution in [3.05, 3.63) is 76.2 Å². The lowest BCUT2D eigenvalue weighted by molar-refractivity contribution is 0.0602. The minimum Gasteiger partial charge on any atom is -0.388 e. The first kappa shape index (κ1) is 19.4. The molecule has 7 nitrogen and oxygen atoms in total. The summed E-state index contributed by atoms with van der Waals surface area (Å²) >= 11 is 0. The van der Waals surface area contributed by atoms with Crippen molar-refractivity contribution < 1.29 is 9.90 Å². The molecule has 2 heterocycles. The molecular formula is C23H19N5O2. The first-order chi connectivity index (χ1) is 14.5. The van der Waals surface area contributed by atoms with Crippen LogP contribution in [0.4, 0.5) is 0 Å². The molecule has 2 aromatic carbocycles. The number of likely N-dealkylation sites (tertiary alicyclic amines) is 1. The quantitative estimate of drug-likeness (QED) is 0.702. The zero-order valence-corrected chi connectivity index (χ0v) is 16.4. The molecule has 7 heteroatoms. The van der Waals surface area contributed by atoms with E-state index in [9.17, 15) is 15.2 Å². The summed E-state index contributed by atoms with van der Waals surface area (Å²) in [5, 5.41) is 27.6. The Balaban J connectivity index is 1.53. The second kappa shape index (κ2) is 7.82. The van der Waals surface area contributed by atoms with E-state index in [1.165, 1.54) is 0 Å². The molecule has 0 atom stereocenters. The number of hydrogen-bond acceptors (Lipinski definition) is 5. The van der Waals surface area contributed by atoms with Gasteiger partial charge in [0.25, 0.3) is 5.91 Å². The molecular weight excluding hydrogens is 378 g/mol. The van der Waals surface area contributed by atoms with E-state index >= 15 is 0 Å². The average molecular weight is 397 g/mol. The lowest BCUT2D eigenvalue weighted by Crippen LogP contribution is -2.48. The van der Waals surface area contributed by atoms with Crippen molar-refractivity contribution in [3.8, 4) is 23.4 Å². The SMILES string of the molecule is Cc1ccc(C(=O)N2CC(c3ccc(C#N)cc3)C2)cc1-c1[nH]c(CO)nc1C#N. The first-order valence-electron chi connectivity index (χ1n) is 9.54. The van der Waals surface area contributed by atoms with E-state index in [0.717, 1.165) is 11.1 Å². The van der Waals surface area contributed by atoms with Crippen LogP contribution in [0.5, 0.6) is 0 Å². The fraction of sp³-hybridized carbons (Fsp3) is 0.217. The van der Waals surface area contributed by atoms with Gasteiger partial charge in [0, 0.05) is 30.1 Å². The second-order valence-corrected chi connectivity index (χ2v) is 7.35. The Morgan fingerprint density at radius 1 is 1.20 bits per heavy atom. The van der Waals surface area contributed by atoms with Gasteiger partial charge in [0.1, 0.15) is 18.5 Å². The highest BCUT2D eigenvalue weighted by Crippen LogP contribution is 2.31. The Labute approximate surface area is 173 Å². The molecule has 1 aromatic heterocycles. The predicted octanol–water partition coefficient (Wildman–Crippen LogP) is 2.86. The molecule has 1 amide bonds. The number of rotatable bonds is 4. The van der Waals surface area contributed by atoms with Crippen molar-refractivity contribution in [2.24, 2.45) is 0 Å². The summed E-state index contributed by atoms with van der Waals surface area (Å²) in [5.41, 5.74) is 4.60. The summed E-state index contributed by atoms with van der Waals surface area (Å²) < 4.78 is 0. The minimum atomic E-state index is -0.295. The van der Waals surface area contributed by atoms with Crippen molar-refractivity contribution in [2.75, 3.05) is 13.1 Å². The van der Waals surface area contributed by atoms with Gasteiger partial charge >= 0.3 is 0 Å². The van der Waals surface area contributed by atoms with Crippen molar-refractivity contribution in [2.45, 2.75) is 19.4 Å². The van der Waals surface area contributed by atoms with Crippen LogP contribution in [0.25, 0.3) is 11.3 Å². The Morgan fingerprint density at radius 3 is 2.57 bits per heavy atom. The largest absolute Gasteiger partial charge is 0.388 e. The minimum absolute atomic E-state index is 0.0680. The Hall–Kier alpha value is -3.94. The van der Waals surface area contributed by atoms with Gasteiger partial charge in [-0.1, -0.05) is 18.2 Å². The van der Waals surface area contributed by atoms with E-state index < -0.39 is 0 Å². The molecule has 3 aromatic rings. The van der Waals surface area contributed by atoms with E-state index in [0.29, 0.717) is 41.3 Å². The molecule has 0 unspecified atom stereocenters. The van der Waals surface area contributed by atoms with E-state index in [1.807, 2.05) is 31.2 Å². The third kappa shape index (κ3) is 3.43. The number of amides is 1. The Morgan fingerprint density at radius 2 is 1.93 bits per heavy atom. The highest BCUT2D eigenvalue weighted by atomic mass is 16.3. The zero-order valence-electron chi connectivity index (χ0n) is 16.4. The summed E-state index contributed by atoms with van der Waals surface area (Å²) in [6, 6.07) is 17.0. The van der Waals surface area contributed by atoms with Crippen LogP contribution in [0.2, 0.25) is 0 Å². The van der Waals surface area contributed by atoms with Gasteiger partial charge in [-0.25, -0.2) is 4.98 Å². The summed E-state index contributed by atoms with van der Waals surface area (Å²) in [7, 11) is 0. The summed E-state index contributed by atoms with van der Waals surface area (Å²) in [6.07, 6.45) is 0. The molecule has 0 saturated carbocycles. The van der Waals surface area contributed by atoms with Gasteiger partial charge in [-0.3, -0.25) is 4.79 Å². The number of aliphatic hydroxyl groups excluding tert-OH is 1. The smallest absolute Gasteiger partial charge is 0.253 e. The van der Waals surface area contributed by atoms with E-state index in [2.05, 4.69) is 16.0 Å². The van der Waals surface area contributed by atoms with Gasteiger partial charge in [0.2, 0.25) is 0 Å². The zero-order chi connectivity index (χ0) is 21.3. The van der Waals surface area contributed by atoms with Crippen molar-refractivity contribution in [3.63, 3.8) is 0 Å². The maximum absolute atomic E-state index is 13.0. The molecule has 0 spiro atoms. The van der Waals surface area contributed by atoms with Crippen LogP contribution in [0.1, 0.15) is 44.5 Å². The lowest BCUT2D eigenvalue weighted by Gasteiger charge is -2.39. The monoisotopic (exact) mass is 397 g/mol. The molecule has 1 saturated heterocycles. The second-order valence-electron chi connectivity index (χ2n) is 7.35. The molecule has 1 fully saturated rings. The number of nitriles is 2. The number of aryl methyl sites for hydroxylation is 1. The number of carbonyl (C=O) groups is 1. The maximum Gasteiger partial charge on any atom is 0.253 e. The molecule has 148 valence electrons. The number of aromatic amines is 1. The number of imidazole rings is 1. The molecule has 0 radical (unpaired) electrons. The molecule has 0 aliphatic carbocycles. The molecule has 1 aliphatic heterocycles. The van der Waals surface area contributed by atoms with Crippen LogP contribution >= 0.6 is 0 Å². The fourth-order valence-electron chi connectivity index (χ4n) is 3.66. The number of aliphatic hydroxyl groups is 1. The number of benzene rings is 2. The summed E-state index contributed by atoms with van der Waals surface area (Å²) in [5.74, 6) is 0.503. The van der Waals surface area contributed by atoms with Crippen molar-refractivity contribution >= 4 is 5.91 Å². The number of hydrogen-bond donors (Lipinski definition) is 2. The molecule has 1 aliphatic rings. The highest BCUT2D eigenvalue weighted by Gasteiger charge is 2.32. The summed E-state index contributed by atoms with van der Waals surface area (Å²) in [6.45, 7) is 2.85. The standard InChI is InChI=1S/C23H19N5O2/c1-14-2-5-17(8-19(14)22-20(10-25)26-21(13-29)27-22)23(30)28-11-18(12-28)16-6-3-15(9-24)4-7-16/h2-8,18,29H,11-13H2,1H3,(H,26,27). The van der Waals surface area contributed by atoms with Crippen molar-refractivity contribution in [1.29, 1.82) is 10.5 Å². The van der Waals surface area contributed by atoms with Gasteiger partial charge in [-0.2, -0.15) is 10.5 Å². The van der Waals surface area contributed by atoms with Crippen LogP contribution in [0.3, 0.4) is 0 Å². The third-order valence-electron chi connectivity index (χ3n) is 5.44. The van der Waals surface area contributed by atoms with Crippen LogP contribution in [0, 0.1) is 29.6 Å². The lowest BCUT2D eigenvalue weighted by atomic mass is 9.90. The van der Waals surface area contributed by atoms with Gasteiger partial charge in [-0.15, -0.1) is 0 Å².